The zero-order chi connectivity index (χ0) is 19.7. The number of aromatic nitrogens is 1. The second-order valence-electron chi connectivity index (χ2n) is 7.10. The molecule has 1 aliphatic rings. The summed E-state index contributed by atoms with van der Waals surface area (Å²) in [6.45, 7) is 0. The molecule has 6 heteroatoms. The summed E-state index contributed by atoms with van der Waals surface area (Å²) in [7, 11) is 3.13. The largest absolute Gasteiger partial charge is 0.493 e. The average molecular weight is 397 g/mol. The number of rotatable bonds is 4. The number of methoxy groups -OCH3 is 2. The first-order valence-corrected chi connectivity index (χ1v) is 10.4. The Morgan fingerprint density at radius 2 is 1.79 bits per heavy atom. The van der Waals surface area contributed by atoms with E-state index in [2.05, 4.69) is 6.07 Å². The van der Waals surface area contributed by atoms with Crippen LogP contribution in [0.1, 0.15) is 52.2 Å². The van der Waals surface area contributed by atoms with Gasteiger partial charge in [-0.3, -0.25) is 4.79 Å². The van der Waals surface area contributed by atoms with E-state index in [1.165, 1.54) is 48.3 Å². The number of fused-ring (bicyclic) bond motifs is 2. The Labute approximate surface area is 168 Å². The van der Waals surface area contributed by atoms with Crippen LogP contribution < -0.4 is 15.2 Å². The maximum atomic E-state index is 13.1. The molecule has 146 valence electrons. The third-order valence-electron chi connectivity index (χ3n) is 5.35. The van der Waals surface area contributed by atoms with Gasteiger partial charge in [0.05, 0.1) is 19.9 Å². The van der Waals surface area contributed by atoms with Crippen LogP contribution in [0.15, 0.2) is 24.3 Å². The van der Waals surface area contributed by atoms with Crippen LogP contribution in [0.2, 0.25) is 0 Å². The lowest BCUT2D eigenvalue weighted by molar-refractivity contribution is 0.104. The highest BCUT2D eigenvalue weighted by Gasteiger charge is 2.22. The molecule has 0 aliphatic heterocycles. The van der Waals surface area contributed by atoms with Gasteiger partial charge in [0.2, 0.25) is 5.78 Å². The molecule has 2 N–H and O–H groups in total. The lowest BCUT2D eigenvalue weighted by Crippen LogP contribution is -2.03. The van der Waals surface area contributed by atoms with Gasteiger partial charge in [-0.2, -0.15) is 0 Å². The van der Waals surface area contributed by atoms with Gasteiger partial charge in [-0.05, 0) is 55.5 Å². The lowest BCUT2D eigenvalue weighted by Gasteiger charge is -2.12. The van der Waals surface area contributed by atoms with Crippen LogP contribution in [0.4, 0.5) is 5.69 Å². The number of nitrogens with zero attached hydrogens (tertiary/aromatic N) is 1. The van der Waals surface area contributed by atoms with Crippen LogP contribution >= 0.6 is 11.3 Å². The van der Waals surface area contributed by atoms with E-state index in [0.29, 0.717) is 27.6 Å². The minimum Gasteiger partial charge on any atom is -0.493 e. The predicted octanol–water partition coefficient (Wildman–Crippen LogP) is 4.79. The van der Waals surface area contributed by atoms with Crippen molar-refractivity contribution in [3.05, 3.63) is 46.0 Å². The highest BCUT2D eigenvalue weighted by molar-refractivity contribution is 7.21. The Bertz CT molecular complexity index is 1040. The van der Waals surface area contributed by atoms with Crippen molar-refractivity contribution >= 4 is 33.0 Å². The van der Waals surface area contributed by atoms with Crippen LogP contribution in [0.3, 0.4) is 0 Å². The minimum atomic E-state index is -0.117. The van der Waals surface area contributed by atoms with Crippen molar-refractivity contribution in [3.8, 4) is 11.5 Å². The number of pyridine rings is 1. The van der Waals surface area contributed by atoms with E-state index in [1.807, 2.05) is 0 Å². The summed E-state index contributed by atoms with van der Waals surface area (Å²) >= 11 is 1.38. The Kier molecular flexibility index (Phi) is 5.22. The maximum Gasteiger partial charge on any atom is 0.205 e. The Morgan fingerprint density at radius 3 is 2.54 bits per heavy atom. The minimum absolute atomic E-state index is 0.117. The standard InChI is InChI=1S/C22H24N2O3S/c1-26-17-10-9-14(12-18(17)27-2)20(25)21-19(23)15-11-13-7-5-3-4-6-8-16(13)24-22(15)28-21/h9-12H,3-8,23H2,1-2H3. The molecule has 28 heavy (non-hydrogen) atoms. The van der Waals surface area contributed by atoms with Gasteiger partial charge in [0.1, 0.15) is 9.71 Å². The zero-order valence-corrected chi connectivity index (χ0v) is 17.0. The molecule has 2 heterocycles. The number of nitrogen functional groups attached to an aromatic ring is 1. The van der Waals surface area contributed by atoms with Crippen molar-refractivity contribution in [1.29, 1.82) is 0 Å². The molecule has 0 unspecified atom stereocenters. The lowest BCUT2D eigenvalue weighted by atomic mass is 9.96. The summed E-state index contributed by atoms with van der Waals surface area (Å²) in [5.41, 5.74) is 9.89. The molecule has 0 radical (unpaired) electrons. The van der Waals surface area contributed by atoms with Gasteiger partial charge in [-0.1, -0.05) is 12.8 Å². The van der Waals surface area contributed by atoms with Crippen molar-refractivity contribution < 1.29 is 14.3 Å². The van der Waals surface area contributed by atoms with Gasteiger partial charge >= 0.3 is 0 Å². The summed E-state index contributed by atoms with van der Waals surface area (Å²) in [4.78, 5) is 19.4. The number of hydrogen-bond acceptors (Lipinski definition) is 6. The molecule has 5 nitrogen and oxygen atoms in total. The molecular formula is C22H24N2O3S. The van der Waals surface area contributed by atoms with Crippen molar-refractivity contribution in [3.63, 3.8) is 0 Å². The van der Waals surface area contributed by atoms with E-state index in [9.17, 15) is 4.79 Å². The summed E-state index contributed by atoms with van der Waals surface area (Å²) in [6.07, 6.45) is 6.91. The van der Waals surface area contributed by atoms with Gasteiger partial charge in [0, 0.05) is 16.6 Å². The second kappa shape index (κ2) is 7.80. The fourth-order valence-corrected chi connectivity index (χ4v) is 4.85. The number of nitrogens with two attached hydrogens (primary N) is 1. The summed E-state index contributed by atoms with van der Waals surface area (Å²) < 4.78 is 10.6. The van der Waals surface area contributed by atoms with Crippen LogP contribution in [-0.2, 0) is 12.8 Å². The van der Waals surface area contributed by atoms with Gasteiger partial charge in [-0.15, -0.1) is 11.3 Å². The molecular weight excluding hydrogens is 372 g/mol. The molecule has 1 aromatic carbocycles. The molecule has 0 saturated carbocycles. The zero-order valence-electron chi connectivity index (χ0n) is 16.2. The molecule has 1 aliphatic carbocycles. The normalized spacial score (nSPS) is 14.2. The molecule has 4 rings (SSSR count). The van der Waals surface area contributed by atoms with Crippen LogP contribution in [0.25, 0.3) is 10.2 Å². The van der Waals surface area contributed by atoms with Crippen molar-refractivity contribution in [2.45, 2.75) is 38.5 Å². The Morgan fingerprint density at radius 1 is 1.04 bits per heavy atom. The van der Waals surface area contributed by atoms with E-state index in [0.717, 1.165) is 23.1 Å². The first kappa shape index (κ1) is 18.7. The van der Waals surface area contributed by atoms with E-state index < -0.39 is 0 Å². The first-order valence-electron chi connectivity index (χ1n) is 9.60. The number of hydrogen-bond donors (Lipinski definition) is 1. The summed E-state index contributed by atoms with van der Waals surface area (Å²) in [5.74, 6) is 0.993. The molecule has 0 fully saturated rings. The number of ketones is 1. The smallest absolute Gasteiger partial charge is 0.205 e. The predicted molar refractivity (Wildman–Crippen MR) is 113 cm³/mol. The molecule has 0 saturated heterocycles. The number of carbonyl (C=O) groups is 1. The van der Waals surface area contributed by atoms with Crippen LogP contribution in [0, 0.1) is 0 Å². The SMILES string of the molecule is COc1ccc(C(=O)c2sc3nc4c(cc3c2N)CCCCCC4)cc1OC. The Hall–Kier alpha value is -2.60. The second-order valence-corrected chi connectivity index (χ2v) is 8.10. The van der Waals surface area contributed by atoms with Gasteiger partial charge < -0.3 is 15.2 Å². The van der Waals surface area contributed by atoms with E-state index in [1.54, 1.807) is 32.4 Å². The first-order chi connectivity index (χ1) is 13.6. The van der Waals surface area contributed by atoms with Crippen LogP contribution in [0.5, 0.6) is 11.5 Å². The molecule has 0 bridgehead atoms. The van der Waals surface area contributed by atoms with E-state index in [-0.39, 0.29) is 5.78 Å². The summed E-state index contributed by atoms with van der Waals surface area (Å²) in [6, 6.07) is 7.32. The van der Waals surface area contributed by atoms with Gasteiger partial charge in [-0.25, -0.2) is 4.98 Å². The maximum absolute atomic E-state index is 13.1. The molecule has 0 spiro atoms. The number of benzene rings is 1. The monoisotopic (exact) mass is 396 g/mol. The van der Waals surface area contributed by atoms with Crippen molar-refractivity contribution in [2.24, 2.45) is 0 Å². The number of carbonyl (C=O) groups excluding carboxylic acids is 1. The fourth-order valence-electron chi connectivity index (χ4n) is 3.79. The number of aryl methyl sites for hydroxylation is 2. The average Bonchev–Trinajstić information content (AvgIpc) is 3.02. The quantitative estimate of drug-likeness (QED) is 0.642. The molecule has 0 atom stereocenters. The van der Waals surface area contributed by atoms with Crippen molar-refractivity contribution in [1.82, 2.24) is 4.98 Å². The van der Waals surface area contributed by atoms with Crippen LogP contribution in [-0.4, -0.2) is 25.0 Å². The number of thiophene rings is 1. The van der Waals surface area contributed by atoms with Gasteiger partial charge in [0.25, 0.3) is 0 Å². The molecule has 3 aromatic rings. The third kappa shape index (κ3) is 3.33. The fraction of sp³-hybridized carbons (Fsp3) is 0.364. The number of anilines is 1. The highest BCUT2D eigenvalue weighted by atomic mass is 32.1. The third-order valence-corrected chi connectivity index (χ3v) is 6.47. The topological polar surface area (TPSA) is 74.4 Å². The van der Waals surface area contributed by atoms with Gasteiger partial charge in [0.15, 0.2) is 11.5 Å². The van der Waals surface area contributed by atoms with Crippen molar-refractivity contribution in [2.75, 3.05) is 20.0 Å². The number of ether oxygens (including phenoxy) is 2. The summed E-state index contributed by atoms with van der Waals surface area (Å²) in [5, 5.41) is 0.896. The molecule has 2 aromatic heterocycles. The molecule has 0 amide bonds. The Balaban J connectivity index is 1.76. The van der Waals surface area contributed by atoms with E-state index in [4.69, 9.17) is 20.2 Å². The van der Waals surface area contributed by atoms with E-state index >= 15 is 0 Å². The highest BCUT2D eigenvalue weighted by Crippen LogP contribution is 2.37.